The topological polar surface area (TPSA) is 68.2 Å². The Morgan fingerprint density at radius 2 is 1.76 bits per heavy atom. The number of hydrogen-bond acceptors (Lipinski definition) is 6. The van der Waals surface area contributed by atoms with Crippen LogP contribution < -0.4 is 0 Å². The van der Waals surface area contributed by atoms with E-state index in [0.29, 0.717) is 0 Å². The van der Waals surface area contributed by atoms with Crippen LogP contribution in [0.1, 0.15) is 47.5 Å². The van der Waals surface area contributed by atoms with Crippen molar-refractivity contribution in [2.45, 2.75) is 70.7 Å². The van der Waals surface area contributed by atoms with Crippen LogP contribution >= 0.6 is 0 Å². The molecule has 0 saturated carbocycles. The van der Waals surface area contributed by atoms with E-state index in [0.717, 1.165) is 12.8 Å². The van der Waals surface area contributed by atoms with Gasteiger partial charge in [0.2, 0.25) is 0 Å². The van der Waals surface area contributed by atoms with Crippen molar-refractivity contribution in [1.29, 1.82) is 0 Å². The van der Waals surface area contributed by atoms with Gasteiger partial charge in [0.15, 0.2) is 0 Å². The predicted molar refractivity (Wildman–Crippen MR) is 78.6 cm³/mol. The summed E-state index contributed by atoms with van der Waals surface area (Å²) >= 11 is 0. The molecule has 6 heteroatoms. The summed E-state index contributed by atoms with van der Waals surface area (Å²) in [5.74, 6) is -0.314. The summed E-state index contributed by atoms with van der Waals surface area (Å²) in [5, 5.41) is 11.5. The Morgan fingerprint density at radius 1 is 1.24 bits per heavy atom. The number of hydroxylamine groups is 2. The van der Waals surface area contributed by atoms with E-state index in [-0.39, 0.29) is 36.4 Å². The summed E-state index contributed by atoms with van der Waals surface area (Å²) in [6.07, 6.45) is 0.841. The van der Waals surface area contributed by atoms with E-state index in [1.165, 1.54) is 6.92 Å². The van der Waals surface area contributed by atoms with Crippen molar-refractivity contribution in [3.8, 4) is 0 Å². The first-order valence-corrected chi connectivity index (χ1v) is 7.36. The number of aliphatic hydroxyl groups excluding tert-OH is 1. The third-order valence-corrected chi connectivity index (χ3v) is 3.66. The Kier molecular flexibility index (Phi) is 6.16. The molecule has 1 saturated heterocycles. The second-order valence-electron chi connectivity index (χ2n) is 6.97. The van der Waals surface area contributed by atoms with Crippen molar-refractivity contribution in [1.82, 2.24) is 5.06 Å². The molecule has 0 radical (unpaired) electrons. The maximum atomic E-state index is 11.3. The number of rotatable bonds is 6. The van der Waals surface area contributed by atoms with E-state index in [1.54, 1.807) is 12.2 Å². The average Bonchev–Trinajstić information content (AvgIpc) is 2.31. The lowest BCUT2D eigenvalue weighted by Crippen LogP contribution is -2.62. The number of nitrogens with zero attached hydrogens (tertiary/aromatic N) is 1. The smallest absolute Gasteiger partial charge is 0.322 e. The summed E-state index contributed by atoms with van der Waals surface area (Å²) in [7, 11) is 1.55. The number of ether oxygens (including phenoxy) is 2. The Bertz CT molecular complexity index is 338. The fraction of sp³-hybridized carbons (Fsp3) is 0.933. The molecule has 1 aliphatic rings. The molecule has 0 bridgehead atoms. The first kappa shape index (κ1) is 18.4. The fourth-order valence-corrected chi connectivity index (χ4v) is 3.15. The van der Waals surface area contributed by atoms with Gasteiger partial charge in [0.1, 0.15) is 6.10 Å². The van der Waals surface area contributed by atoms with Gasteiger partial charge in [-0.2, -0.15) is 0 Å². The zero-order valence-electron chi connectivity index (χ0n) is 14.0. The molecule has 0 aromatic carbocycles. The number of aliphatic hydroxyl groups is 1. The van der Waals surface area contributed by atoms with Crippen molar-refractivity contribution < 1.29 is 24.2 Å². The molecule has 124 valence electrons. The van der Waals surface area contributed by atoms with Crippen molar-refractivity contribution in [3.63, 3.8) is 0 Å². The van der Waals surface area contributed by atoms with Gasteiger partial charge in [0, 0.05) is 14.0 Å². The van der Waals surface area contributed by atoms with Gasteiger partial charge < -0.3 is 19.4 Å². The van der Waals surface area contributed by atoms with E-state index >= 15 is 0 Å². The molecular weight excluding hydrogens is 274 g/mol. The number of carbonyl (C=O) groups is 1. The SMILES string of the molecule is COCC(O)COC1CC(C)(C)N(OC(C)=O)C(C)(C)C1. The minimum atomic E-state index is -0.618. The monoisotopic (exact) mass is 303 g/mol. The lowest BCUT2D eigenvalue weighted by Gasteiger charge is -2.52. The zero-order valence-corrected chi connectivity index (χ0v) is 14.0. The van der Waals surface area contributed by atoms with Crippen molar-refractivity contribution in [3.05, 3.63) is 0 Å². The van der Waals surface area contributed by atoms with Crippen LogP contribution in [0.4, 0.5) is 0 Å². The van der Waals surface area contributed by atoms with Gasteiger partial charge in [0.05, 0.1) is 30.4 Å². The van der Waals surface area contributed by atoms with Gasteiger partial charge in [-0.25, -0.2) is 0 Å². The highest BCUT2D eigenvalue weighted by Gasteiger charge is 2.48. The van der Waals surface area contributed by atoms with Gasteiger partial charge in [-0.15, -0.1) is 5.06 Å². The summed E-state index contributed by atoms with van der Waals surface area (Å²) in [5.41, 5.74) is -0.658. The zero-order chi connectivity index (χ0) is 16.3. The van der Waals surface area contributed by atoms with Crippen LogP contribution in [0.2, 0.25) is 0 Å². The number of methoxy groups -OCH3 is 1. The van der Waals surface area contributed by atoms with Gasteiger partial charge in [-0.05, 0) is 40.5 Å². The minimum Gasteiger partial charge on any atom is -0.388 e. The fourth-order valence-electron chi connectivity index (χ4n) is 3.15. The maximum Gasteiger partial charge on any atom is 0.322 e. The molecule has 1 aliphatic heterocycles. The third kappa shape index (κ3) is 5.21. The van der Waals surface area contributed by atoms with Crippen molar-refractivity contribution in [2.75, 3.05) is 20.3 Å². The predicted octanol–water partition coefficient (Wildman–Crippen LogP) is 1.51. The van der Waals surface area contributed by atoms with Crippen LogP contribution in [0, 0.1) is 0 Å². The van der Waals surface area contributed by atoms with Crippen LogP contribution in [0.3, 0.4) is 0 Å². The Balaban J connectivity index is 2.68. The highest BCUT2D eigenvalue weighted by Crippen LogP contribution is 2.39. The van der Waals surface area contributed by atoms with Crippen LogP contribution in [0.25, 0.3) is 0 Å². The molecule has 0 amide bonds. The first-order chi connectivity index (χ1) is 9.58. The standard InChI is InChI=1S/C15H29NO5/c1-11(17)21-16-14(2,3)7-13(8-15(16,4)5)20-10-12(18)9-19-6/h12-13,18H,7-10H2,1-6H3. The van der Waals surface area contributed by atoms with Gasteiger partial charge in [-0.1, -0.05) is 0 Å². The van der Waals surface area contributed by atoms with E-state index in [4.69, 9.17) is 14.3 Å². The van der Waals surface area contributed by atoms with Crippen LogP contribution in [0.15, 0.2) is 0 Å². The Labute approximate surface area is 127 Å². The molecule has 1 atom stereocenters. The molecule has 0 aromatic rings. The molecule has 1 heterocycles. The molecule has 1 fully saturated rings. The van der Waals surface area contributed by atoms with E-state index in [9.17, 15) is 9.90 Å². The molecule has 6 nitrogen and oxygen atoms in total. The van der Waals surface area contributed by atoms with Crippen molar-refractivity contribution in [2.24, 2.45) is 0 Å². The molecular formula is C15H29NO5. The van der Waals surface area contributed by atoms with E-state index < -0.39 is 6.10 Å². The summed E-state index contributed by atoms with van der Waals surface area (Å²) < 4.78 is 10.7. The summed E-state index contributed by atoms with van der Waals surface area (Å²) in [6, 6.07) is 0. The van der Waals surface area contributed by atoms with Crippen LogP contribution in [0.5, 0.6) is 0 Å². The molecule has 1 rings (SSSR count). The first-order valence-electron chi connectivity index (χ1n) is 7.36. The number of hydrogen-bond donors (Lipinski definition) is 1. The largest absolute Gasteiger partial charge is 0.388 e. The highest BCUT2D eigenvalue weighted by molar-refractivity contribution is 5.65. The number of piperidine rings is 1. The van der Waals surface area contributed by atoms with E-state index in [2.05, 4.69) is 0 Å². The number of carbonyl (C=O) groups excluding carboxylic acids is 1. The quantitative estimate of drug-likeness (QED) is 0.802. The van der Waals surface area contributed by atoms with Crippen molar-refractivity contribution >= 4 is 5.97 Å². The molecule has 0 spiro atoms. The minimum absolute atomic E-state index is 0.00770. The Hall–Kier alpha value is -0.690. The third-order valence-electron chi connectivity index (χ3n) is 3.66. The van der Waals surface area contributed by atoms with Gasteiger partial charge >= 0.3 is 5.97 Å². The molecule has 0 aromatic heterocycles. The van der Waals surface area contributed by atoms with E-state index in [1.807, 2.05) is 27.7 Å². The second-order valence-corrected chi connectivity index (χ2v) is 6.97. The van der Waals surface area contributed by atoms with Gasteiger partial charge in [0.25, 0.3) is 0 Å². The maximum absolute atomic E-state index is 11.3. The Morgan fingerprint density at radius 3 is 2.19 bits per heavy atom. The second kappa shape index (κ2) is 7.05. The molecule has 1 N–H and O–H groups in total. The summed E-state index contributed by atoms with van der Waals surface area (Å²) in [4.78, 5) is 16.7. The highest BCUT2D eigenvalue weighted by atomic mass is 16.7. The van der Waals surface area contributed by atoms with Gasteiger partial charge in [-0.3, -0.25) is 4.79 Å². The lowest BCUT2D eigenvalue weighted by molar-refractivity contribution is -0.278. The summed E-state index contributed by atoms with van der Waals surface area (Å²) in [6.45, 7) is 10.0. The molecule has 0 aliphatic carbocycles. The molecule has 21 heavy (non-hydrogen) atoms. The normalized spacial score (nSPS) is 23.8. The average molecular weight is 303 g/mol. The van der Waals surface area contributed by atoms with Crippen LogP contribution in [-0.4, -0.2) is 59.7 Å². The molecule has 1 unspecified atom stereocenters. The van der Waals surface area contributed by atoms with Crippen LogP contribution in [-0.2, 0) is 19.1 Å². The lowest BCUT2D eigenvalue weighted by atomic mass is 9.80.